The zero-order chi connectivity index (χ0) is 11.9. The monoisotopic (exact) mass is 222 g/mol. The molecule has 0 aromatic heterocycles. The topological polar surface area (TPSA) is 54.4 Å². The van der Waals surface area contributed by atoms with Gasteiger partial charge in [0.15, 0.2) is 0 Å². The summed E-state index contributed by atoms with van der Waals surface area (Å²) >= 11 is 0. The van der Waals surface area contributed by atoms with Gasteiger partial charge in [-0.25, -0.2) is 4.39 Å². The number of hydrogen-bond donors (Lipinski definition) is 1. The number of aliphatic carboxylic acids is 1. The van der Waals surface area contributed by atoms with Crippen LogP contribution in [0, 0.1) is 12.7 Å². The van der Waals surface area contributed by atoms with Gasteiger partial charge in [0.1, 0.15) is 17.0 Å². The summed E-state index contributed by atoms with van der Waals surface area (Å²) < 4.78 is 13.4. The molecule has 1 aromatic carbocycles. The van der Waals surface area contributed by atoms with Crippen molar-refractivity contribution >= 4 is 11.8 Å². The molecule has 1 aliphatic carbocycles. The third-order valence-electron chi connectivity index (χ3n) is 3.13. The Morgan fingerprint density at radius 1 is 1.44 bits per heavy atom. The molecule has 4 heteroatoms. The predicted octanol–water partition coefficient (Wildman–Crippen LogP) is 1.82. The van der Waals surface area contributed by atoms with Crippen LogP contribution in [0.2, 0.25) is 0 Å². The van der Waals surface area contributed by atoms with Crippen LogP contribution < -0.4 is 0 Å². The number of aryl methyl sites for hydroxylation is 1. The van der Waals surface area contributed by atoms with Crippen LogP contribution in [0.15, 0.2) is 18.2 Å². The second-order valence-corrected chi connectivity index (χ2v) is 4.24. The molecule has 0 spiro atoms. The Morgan fingerprint density at radius 3 is 2.50 bits per heavy atom. The number of halogens is 1. The third-order valence-corrected chi connectivity index (χ3v) is 3.13. The summed E-state index contributed by atoms with van der Waals surface area (Å²) in [5.41, 5.74) is -0.358. The van der Waals surface area contributed by atoms with E-state index in [1.165, 1.54) is 12.1 Å². The van der Waals surface area contributed by atoms with Gasteiger partial charge in [-0.1, -0.05) is 12.1 Å². The van der Waals surface area contributed by atoms with Crippen LogP contribution in [0.5, 0.6) is 0 Å². The van der Waals surface area contributed by atoms with Crippen molar-refractivity contribution < 1.29 is 19.1 Å². The van der Waals surface area contributed by atoms with Crippen molar-refractivity contribution in [2.45, 2.75) is 25.2 Å². The molecule has 0 heterocycles. The van der Waals surface area contributed by atoms with E-state index in [1.807, 2.05) is 0 Å². The van der Waals surface area contributed by atoms with Crippen LogP contribution >= 0.6 is 0 Å². The summed E-state index contributed by atoms with van der Waals surface area (Å²) in [6.45, 7) is 1.61. The Morgan fingerprint density at radius 2 is 2.06 bits per heavy atom. The molecule has 0 saturated heterocycles. The molecule has 3 nitrogen and oxygen atoms in total. The van der Waals surface area contributed by atoms with Gasteiger partial charge in [0, 0.05) is 12.8 Å². The molecule has 1 N–H and O–H groups in total. The Balaban J connectivity index is 2.45. The largest absolute Gasteiger partial charge is 0.481 e. The fourth-order valence-electron chi connectivity index (χ4n) is 1.99. The minimum atomic E-state index is -1.20. The molecular formula is C12H11FO3. The Bertz CT molecular complexity index is 471. The maximum absolute atomic E-state index is 13.4. The molecule has 0 radical (unpaired) electrons. The van der Waals surface area contributed by atoms with Gasteiger partial charge in [0.25, 0.3) is 0 Å². The first-order chi connectivity index (χ1) is 7.45. The SMILES string of the molecule is Cc1ccc(C2(C(=O)O)CC(=O)C2)cc1F. The van der Waals surface area contributed by atoms with Gasteiger partial charge in [-0.15, -0.1) is 0 Å². The minimum Gasteiger partial charge on any atom is -0.481 e. The number of carbonyl (C=O) groups is 2. The fourth-order valence-corrected chi connectivity index (χ4v) is 1.99. The summed E-state index contributed by atoms with van der Waals surface area (Å²) in [6, 6.07) is 4.34. The highest BCUT2D eigenvalue weighted by Gasteiger charge is 2.51. The first-order valence-electron chi connectivity index (χ1n) is 4.97. The van der Waals surface area contributed by atoms with E-state index in [9.17, 15) is 14.0 Å². The van der Waals surface area contributed by atoms with Gasteiger partial charge in [0.2, 0.25) is 0 Å². The van der Waals surface area contributed by atoms with Crippen molar-refractivity contribution in [1.29, 1.82) is 0 Å². The molecular weight excluding hydrogens is 211 g/mol. The van der Waals surface area contributed by atoms with Crippen molar-refractivity contribution in [2.24, 2.45) is 0 Å². The average molecular weight is 222 g/mol. The molecule has 84 valence electrons. The lowest BCUT2D eigenvalue weighted by atomic mass is 9.63. The van der Waals surface area contributed by atoms with Crippen molar-refractivity contribution in [2.75, 3.05) is 0 Å². The van der Waals surface area contributed by atoms with E-state index in [1.54, 1.807) is 13.0 Å². The first-order valence-corrected chi connectivity index (χ1v) is 4.97. The highest BCUT2D eigenvalue weighted by Crippen LogP contribution is 2.41. The quantitative estimate of drug-likeness (QED) is 0.830. The van der Waals surface area contributed by atoms with Crippen molar-refractivity contribution in [3.63, 3.8) is 0 Å². The molecule has 16 heavy (non-hydrogen) atoms. The summed E-state index contributed by atoms with van der Waals surface area (Å²) in [5, 5.41) is 9.14. The van der Waals surface area contributed by atoms with Gasteiger partial charge in [0.05, 0.1) is 0 Å². The molecule has 0 unspecified atom stereocenters. The van der Waals surface area contributed by atoms with Gasteiger partial charge in [-0.05, 0) is 24.1 Å². The van der Waals surface area contributed by atoms with Crippen LogP contribution in [0.1, 0.15) is 24.0 Å². The normalized spacial score (nSPS) is 18.0. The van der Waals surface area contributed by atoms with Crippen molar-refractivity contribution in [3.8, 4) is 0 Å². The molecule has 1 aromatic rings. The Kier molecular flexibility index (Phi) is 2.30. The number of carboxylic acid groups (broad SMARTS) is 1. The van der Waals surface area contributed by atoms with E-state index >= 15 is 0 Å². The maximum Gasteiger partial charge on any atom is 0.315 e. The lowest BCUT2D eigenvalue weighted by Crippen LogP contribution is -2.48. The number of Topliss-reactive ketones (excluding diaryl/α,β-unsaturated/α-hetero) is 1. The van der Waals surface area contributed by atoms with E-state index in [-0.39, 0.29) is 18.6 Å². The molecule has 0 amide bonds. The maximum atomic E-state index is 13.4. The molecule has 0 aliphatic heterocycles. The van der Waals surface area contributed by atoms with E-state index in [0.29, 0.717) is 11.1 Å². The van der Waals surface area contributed by atoms with E-state index in [2.05, 4.69) is 0 Å². The standard InChI is InChI=1S/C12H11FO3/c1-7-2-3-8(4-10(7)13)12(11(15)16)5-9(14)6-12/h2-4H,5-6H2,1H3,(H,15,16). The predicted molar refractivity (Wildman–Crippen MR) is 54.7 cm³/mol. The molecule has 0 bridgehead atoms. The molecule has 1 fully saturated rings. The fraction of sp³-hybridized carbons (Fsp3) is 0.333. The molecule has 1 saturated carbocycles. The molecule has 0 atom stereocenters. The lowest BCUT2D eigenvalue weighted by molar-refractivity contribution is -0.153. The lowest BCUT2D eigenvalue weighted by Gasteiger charge is -2.36. The number of rotatable bonds is 2. The summed E-state index contributed by atoms with van der Waals surface area (Å²) in [5.74, 6) is -1.59. The smallest absolute Gasteiger partial charge is 0.315 e. The van der Waals surface area contributed by atoms with Crippen LogP contribution in [-0.4, -0.2) is 16.9 Å². The second-order valence-electron chi connectivity index (χ2n) is 4.24. The van der Waals surface area contributed by atoms with Crippen LogP contribution in [0.3, 0.4) is 0 Å². The summed E-state index contributed by atoms with van der Waals surface area (Å²) in [4.78, 5) is 22.2. The second kappa shape index (κ2) is 3.40. The van der Waals surface area contributed by atoms with Crippen LogP contribution in [-0.2, 0) is 15.0 Å². The number of carbonyl (C=O) groups excluding carboxylic acids is 1. The number of hydrogen-bond acceptors (Lipinski definition) is 2. The number of carboxylic acids is 1. The van der Waals surface area contributed by atoms with Gasteiger partial charge < -0.3 is 5.11 Å². The summed E-state index contributed by atoms with van der Waals surface area (Å²) in [6.07, 6.45) is -0.0737. The number of ketones is 1. The number of benzene rings is 1. The summed E-state index contributed by atoms with van der Waals surface area (Å²) in [7, 11) is 0. The highest BCUT2D eigenvalue weighted by molar-refractivity contribution is 6.01. The molecule has 2 rings (SSSR count). The van der Waals surface area contributed by atoms with E-state index in [0.717, 1.165) is 0 Å². The highest BCUT2D eigenvalue weighted by atomic mass is 19.1. The van der Waals surface area contributed by atoms with Crippen molar-refractivity contribution in [1.82, 2.24) is 0 Å². The Hall–Kier alpha value is -1.71. The van der Waals surface area contributed by atoms with Gasteiger partial charge >= 0.3 is 5.97 Å². The van der Waals surface area contributed by atoms with Gasteiger partial charge in [-0.2, -0.15) is 0 Å². The molecule has 1 aliphatic rings. The van der Waals surface area contributed by atoms with Crippen LogP contribution in [0.25, 0.3) is 0 Å². The van der Waals surface area contributed by atoms with E-state index in [4.69, 9.17) is 5.11 Å². The zero-order valence-electron chi connectivity index (χ0n) is 8.79. The Labute approximate surface area is 91.9 Å². The van der Waals surface area contributed by atoms with Crippen molar-refractivity contribution in [3.05, 3.63) is 35.1 Å². The minimum absolute atomic E-state index is 0.0369. The zero-order valence-corrected chi connectivity index (χ0v) is 8.79. The van der Waals surface area contributed by atoms with Gasteiger partial charge in [-0.3, -0.25) is 9.59 Å². The average Bonchev–Trinajstić information content (AvgIpc) is 2.17. The first kappa shape index (κ1) is 10.8. The third kappa shape index (κ3) is 1.41. The van der Waals surface area contributed by atoms with E-state index < -0.39 is 17.2 Å². The van der Waals surface area contributed by atoms with Crippen LogP contribution in [0.4, 0.5) is 4.39 Å².